The van der Waals surface area contributed by atoms with Crippen LogP contribution in [0.3, 0.4) is 0 Å². The zero-order chi connectivity index (χ0) is 13.7. The maximum atomic E-state index is 5.94. The van der Waals surface area contributed by atoms with E-state index in [-0.39, 0.29) is 0 Å². The molecule has 0 saturated carbocycles. The van der Waals surface area contributed by atoms with Gasteiger partial charge in [0.1, 0.15) is 11.6 Å². The third kappa shape index (κ3) is 4.09. The first-order chi connectivity index (χ1) is 9.16. The predicted octanol–water partition coefficient (Wildman–Crippen LogP) is 2.29. The van der Waals surface area contributed by atoms with Gasteiger partial charge in [-0.2, -0.15) is 5.10 Å². The summed E-state index contributed by atoms with van der Waals surface area (Å²) in [5.41, 5.74) is 1.11. The van der Waals surface area contributed by atoms with Crippen LogP contribution < -0.4 is 10.1 Å². The van der Waals surface area contributed by atoms with Crippen LogP contribution in [0.4, 0.5) is 0 Å². The molecule has 7 heteroatoms. The molecule has 2 aromatic rings. The molecule has 19 heavy (non-hydrogen) atoms. The summed E-state index contributed by atoms with van der Waals surface area (Å²) in [7, 11) is 1.91. The Morgan fingerprint density at radius 2 is 2.26 bits per heavy atom. The van der Waals surface area contributed by atoms with Gasteiger partial charge in [-0.15, -0.1) is 0 Å². The number of nitrogens with one attached hydrogen (secondary N) is 1. The van der Waals surface area contributed by atoms with Crippen molar-refractivity contribution in [1.29, 1.82) is 0 Å². The fourth-order valence-corrected chi connectivity index (χ4v) is 1.95. The molecule has 0 aromatic carbocycles. The lowest BCUT2D eigenvalue weighted by molar-refractivity contribution is 0.301. The average Bonchev–Trinajstić information content (AvgIpc) is 2.77. The summed E-state index contributed by atoms with van der Waals surface area (Å²) in [5.74, 6) is 0.397. The molecule has 0 atom stereocenters. The van der Waals surface area contributed by atoms with E-state index in [1.54, 1.807) is 12.3 Å². The Bertz CT molecular complexity index is 544. The van der Waals surface area contributed by atoms with Crippen molar-refractivity contribution in [3.8, 4) is 5.88 Å². The molecule has 2 aromatic heterocycles. The van der Waals surface area contributed by atoms with Gasteiger partial charge in [0.05, 0.1) is 10.7 Å². The summed E-state index contributed by atoms with van der Waals surface area (Å²) >= 11 is 11.7. The zero-order valence-electron chi connectivity index (χ0n) is 10.4. The number of pyridine rings is 1. The van der Waals surface area contributed by atoms with Crippen LogP contribution in [0.25, 0.3) is 0 Å². The molecular formula is C12H14Cl2N4O. The highest BCUT2D eigenvalue weighted by molar-refractivity contribution is 6.35. The van der Waals surface area contributed by atoms with Gasteiger partial charge < -0.3 is 10.1 Å². The molecule has 0 aliphatic heterocycles. The second kappa shape index (κ2) is 6.75. The third-order valence-corrected chi connectivity index (χ3v) is 3.00. The van der Waals surface area contributed by atoms with Gasteiger partial charge in [-0.1, -0.05) is 23.2 Å². The number of rotatable bonds is 6. The number of halogens is 2. The topological polar surface area (TPSA) is 52.0 Å². The molecule has 0 aliphatic carbocycles. The van der Waals surface area contributed by atoms with Gasteiger partial charge in [0.15, 0.2) is 0 Å². The van der Waals surface area contributed by atoms with E-state index in [1.165, 1.54) is 6.20 Å². The molecule has 0 fully saturated rings. The first-order valence-corrected chi connectivity index (χ1v) is 6.54. The van der Waals surface area contributed by atoms with Crippen molar-refractivity contribution >= 4 is 23.2 Å². The van der Waals surface area contributed by atoms with Gasteiger partial charge in [0, 0.05) is 32.5 Å². The Labute approximate surface area is 121 Å². The summed E-state index contributed by atoms with van der Waals surface area (Å²) in [6.07, 6.45) is 3.27. The van der Waals surface area contributed by atoms with E-state index in [0.717, 1.165) is 12.2 Å². The minimum Gasteiger partial charge on any atom is -0.475 e. The minimum atomic E-state index is 0.397. The first kappa shape index (κ1) is 14.1. The summed E-state index contributed by atoms with van der Waals surface area (Å²) in [6.45, 7) is 1.90. The van der Waals surface area contributed by atoms with E-state index in [1.807, 2.05) is 17.8 Å². The SMILES string of the molecule is Cn1nccc1CNCCOc1ncc(Cl)cc1Cl. The molecule has 1 N–H and O–H groups in total. The summed E-state index contributed by atoms with van der Waals surface area (Å²) in [6, 6.07) is 3.57. The lowest BCUT2D eigenvalue weighted by Gasteiger charge is -2.08. The molecule has 5 nitrogen and oxygen atoms in total. The largest absolute Gasteiger partial charge is 0.475 e. The Kier molecular flexibility index (Phi) is 5.01. The normalized spacial score (nSPS) is 10.7. The molecule has 0 saturated heterocycles. The minimum absolute atomic E-state index is 0.397. The standard InChI is InChI=1S/C12H14Cl2N4O/c1-18-10(2-3-17-18)8-15-4-5-19-12-11(14)6-9(13)7-16-12/h2-3,6-7,15H,4-5,8H2,1H3. The van der Waals surface area contributed by atoms with E-state index < -0.39 is 0 Å². The molecule has 102 valence electrons. The Morgan fingerprint density at radius 3 is 2.95 bits per heavy atom. The number of ether oxygens (including phenoxy) is 1. The van der Waals surface area contributed by atoms with Crippen molar-refractivity contribution in [1.82, 2.24) is 20.1 Å². The fourth-order valence-electron chi connectivity index (χ4n) is 1.52. The van der Waals surface area contributed by atoms with E-state index in [4.69, 9.17) is 27.9 Å². The second-order valence-corrected chi connectivity index (χ2v) is 4.76. The number of nitrogens with zero attached hydrogens (tertiary/aromatic N) is 3. The molecule has 0 radical (unpaired) electrons. The van der Waals surface area contributed by atoms with Crippen LogP contribution in [0.2, 0.25) is 10.0 Å². The molecule has 2 heterocycles. The summed E-state index contributed by atoms with van der Waals surface area (Å²) in [5, 5.41) is 8.24. The maximum Gasteiger partial charge on any atom is 0.232 e. The van der Waals surface area contributed by atoms with Gasteiger partial charge in [-0.3, -0.25) is 4.68 Å². The molecule has 0 bridgehead atoms. The molecule has 0 spiro atoms. The van der Waals surface area contributed by atoms with Crippen LogP contribution in [-0.4, -0.2) is 27.9 Å². The van der Waals surface area contributed by atoms with E-state index in [9.17, 15) is 0 Å². The van der Waals surface area contributed by atoms with Crippen molar-refractivity contribution in [2.75, 3.05) is 13.2 Å². The number of aryl methyl sites for hydroxylation is 1. The lowest BCUT2D eigenvalue weighted by atomic mass is 10.4. The van der Waals surface area contributed by atoms with Gasteiger partial charge in [-0.05, 0) is 12.1 Å². The van der Waals surface area contributed by atoms with Gasteiger partial charge in [0.2, 0.25) is 5.88 Å². The maximum absolute atomic E-state index is 5.94. The van der Waals surface area contributed by atoms with Crippen LogP contribution in [0.1, 0.15) is 5.69 Å². The van der Waals surface area contributed by atoms with Crippen molar-refractivity contribution < 1.29 is 4.74 Å². The quantitative estimate of drug-likeness (QED) is 0.832. The highest BCUT2D eigenvalue weighted by atomic mass is 35.5. The second-order valence-electron chi connectivity index (χ2n) is 3.91. The van der Waals surface area contributed by atoms with Gasteiger partial charge >= 0.3 is 0 Å². The fraction of sp³-hybridized carbons (Fsp3) is 0.333. The number of aromatic nitrogens is 3. The van der Waals surface area contributed by atoms with Crippen molar-refractivity contribution in [2.45, 2.75) is 6.54 Å². The van der Waals surface area contributed by atoms with Crippen molar-refractivity contribution in [3.63, 3.8) is 0 Å². The van der Waals surface area contributed by atoms with Crippen LogP contribution in [0, 0.1) is 0 Å². The Hall–Kier alpha value is -1.30. The highest BCUT2D eigenvalue weighted by Gasteiger charge is 2.04. The smallest absolute Gasteiger partial charge is 0.232 e. The first-order valence-electron chi connectivity index (χ1n) is 5.78. The van der Waals surface area contributed by atoms with Crippen LogP contribution in [-0.2, 0) is 13.6 Å². The number of hydrogen-bond acceptors (Lipinski definition) is 4. The Balaban J connectivity index is 1.71. The zero-order valence-corrected chi connectivity index (χ0v) is 11.9. The molecule has 2 rings (SSSR count). The molecular weight excluding hydrogens is 287 g/mol. The van der Waals surface area contributed by atoms with Crippen LogP contribution in [0.15, 0.2) is 24.5 Å². The Morgan fingerprint density at radius 1 is 1.42 bits per heavy atom. The summed E-state index contributed by atoms with van der Waals surface area (Å²) < 4.78 is 7.28. The lowest BCUT2D eigenvalue weighted by Crippen LogP contribution is -2.22. The van der Waals surface area contributed by atoms with Crippen LogP contribution in [0.5, 0.6) is 5.88 Å². The van der Waals surface area contributed by atoms with E-state index >= 15 is 0 Å². The third-order valence-electron chi connectivity index (χ3n) is 2.52. The van der Waals surface area contributed by atoms with E-state index in [2.05, 4.69) is 15.4 Å². The molecule has 0 unspecified atom stereocenters. The monoisotopic (exact) mass is 300 g/mol. The van der Waals surface area contributed by atoms with E-state index in [0.29, 0.717) is 29.1 Å². The number of hydrogen-bond donors (Lipinski definition) is 1. The highest BCUT2D eigenvalue weighted by Crippen LogP contribution is 2.24. The van der Waals surface area contributed by atoms with Gasteiger partial charge in [-0.25, -0.2) is 4.98 Å². The van der Waals surface area contributed by atoms with Gasteiger partial charge in [0.25, 0.3) is 0 Å². The molecule has 0 amide bonds. The van der Waals surface area contributed by atoms with Crippen molar-refractivity contribution in [2.24, 2.45) is 7.05 Å². The van der Waals surface area contributed by atoms with Crippen molar-refractivity contribution in [3.05, 3.63) is 40.3 Å². The average molecular weight is 301 g/mol. The predicted molar refractivity (Wildman–Crippen MR) is 74.7 cm³/mol. The summed E-state index contributed by atoms with van der Waals surface area (Å²) in [4.78, 5) is 4.01. The van der Waals surface area contributed by atoms with Crippen LogP contribution >= 0.6 is 23.2 Å². The molecule has 0 aliphatic rings.